The molecular weight excluding hydrogens is 226 g/mol. The molecule has 17 heavy (non-hydrogen) atoms. The van der Waals surface area contributed by atoms with E-state index in [0.29, 0.717) is 0 Å². The van der Waals surface area contributed by atoms with E-state index < -0.39 is 0 Å². The van der Waals surface area contributed by atoms with E-state index in [4.69, 9.17) is 5.73 Å². The minimum atomic E-state index is 0.101. The second-order valence-corrected chi connectivity index (χ2v) is 5.51. The Morgan fingerprint density at radius 2 is 1.88 bits per heavy atom. The molecule has 0 fully saturated rings. The monoisotopic (exact) mass is 247 g/mol. The molecule has 0 aliphatic heterocycles. The highest BCUT2D eigenvalue weighted by Crippen LogP contribution is 2.28. The fourth-order valence-corrected chi connectivity index (χ4v) is 2.76. The smallest absolute Gasteiger partial charge is 0.0510 e. The van der Waals surface area contributed by atoms with Gasteiger partial charge in [-0.1, -0.05) is 30.2 Å². The van der Waals surface area contributed by atoms with Crippen molar-refractivity contribution in [2.75, 3.05) is 6.26 Å². The molecule has 1 atom stereocenters. The van der Waals surface area contributed by atoms with E-state index in [-0.39, 0.29) is 6.04 Å². The number of hydrogen-bond donors (Lipinski definition) is 1. The fraction of sp³-hybridized carbons (Fsp3) is 0.467. The van der Waals surface area contributed by atoms with Gasteiger partial charge < -0.3 is 5.73 Å². The molecule has 1 nitrogen and oxygen atoms in total. The Morgan fingerprint density at radius 3 is 2.59 bits per heavy atom. The third-order valence-corrected chi connectivity index (χ3v) is 4.19. The average Bonchev–Trinajstić information content (AvgIpc) is 2.67. The van der Waals surface area contributed by atoms with Gasteiger partial charge >= 0.3 is 0 Å². The van der Waals surface area contributed by atoms with Crippen LogP contribution in [0.1, 0.15) is 43.7 Å². The lowest BCUT2D eigenvalue weighted by Gasteiger charge is -2.16. The first kappa shape index (κ1) is 12.7. The number of hydrogen-bond acceptors (Lipinski definition) is 2. The first-order valence-electron chi connectivity index (χ1n) is 6.39. The molecule has 0 aromatic heterocycles. The molecule has 2 rings (SSSR count). The summed E-state index contributed by atoms with van der Waals surface area (Å²) in [4.78, 5) is 1.30. The van der Waals surface area contributed by atoms with Gasteiger partial charge in [-0.3, -0.25) is 0 Å². The molecule has 0 saturated heterocycles. The topological polar surface area (TPSA) is 26.0 Å². The van der Waals surface area contributed by atoms with Gasteiger partial charge in [0, 0.05) is 4.90 Å². The average molecular weight is 247 g/mol. The van der Waals surface area contributed by atoms with Crippen molar-refractivity contribution in [2.45, 2.75) is 43.0 Å². The van der Waals surface area contributed by atoms with Crippen LogP contribution in [-0.2, 0) is 0 Å². The van der Waals surface area contributed by atoms with Gasteiger partial charge in [0.1, 0.15) is 0 Å². The van der Waals surface area contributed by atoms with Crippen LogP contribution < -0.4 is 5.73 Å². The van der Waals surface area contributed by atoms with Crippen molar-refractivity contribution in [3.63, 3.8) is 0 Å². The van der Waals surface area contributed by atoms with Gasteiger partial charge in [0.05, 0.1) is 6.04 Å². The Bertz CT molecular complexity index is 380. The van der Waals surface area contributed by atoms with Crippen LogP contribution in [0.3, 0.4) is 0 Å². The van der Waals surface area contributed by atoms with E-state index in [9.17, 15) is 0 Å². The molecule has 2 heteroatoms. The van der Waals surface area contributed by atoms with E-state index in [1.807, 2.05) is 0 Å². The summed E-state index contributed by atoms with van der Waals surface area (Å²) in [5, 5.41) is 0. The highest BCUT2D eigenvalue weighted by atomic mass is 32.2. The number of thioether (sulfide) groups is 1. The van der Waals surface area contributed by atoms with E-state index in [0.717, 1.165) is 0 Å². The predicted molar refractivity (Wildman–Crippen MR) is 76.3 cm³/mol. The van der Waals surface area contributed by atoms with Crippen LogP contribution >= 0.6 is 11.8 Å². The predicted octanol–water partition coefficient (Wildman–Crippen LogP) is 4.30. The Hall–Kier alpha value is -0.730. The van der Waals surface area contributed by atoms with E-state index in [1.54, 1.807) is 11.8 Å². The van der Waals surface area contributed by atoms with E-state index in [2.05, 4.69) is 36.6 Å². The maximum Gasteiger partial charge on any atom is 0.0510 e. The lowest BCUT2D eigenvalue weighted by atomic mass is 9.96. The summed E-state index contributed by atoms with van der Waals surface area (Å²) in [6.07, 6.45) is 10.8. The summed E-state index contributed by atoms with van der Waals surface area (Å²) < 4.78 is 0. The van der Waals surface area contributed by atoms with Gasteiger partial charge in [-0.2, -0.15) is 0 Å². The molecular formula is C15H21NS. The molecule has 0 spiro atoms. The van der Waals surface area contributed by atoms with Gasteiger partial charge in [0.15, 0.2) is 0 Å². The van der Waals surface area contributed by atoms with Crippen molar-refractivity contribution in [2.24, 2.45) is 5.73 Å². The van der Waals surface area contributed by atoms with Crippen LogP contribution in [0.25, 0.3) is 0 Å². The number of benzene rings is 1. The molecule has 1 aromatic carbocycles. The van der Waals surface area contributed by atoms with Gasteiger partial charge in [0.25, 0.3) is 0 Å². The molecule has 1 aromatic rings. The normalized spacial score (nSPS) is 18.4. The van der Waals surface area contributed by atoms with E-state index >= 15 is 0 Å². The van der Waals surface area contributed by atoms with Crippen LogP contribution in [0.2, 0.25) is 0 Å². The SMILES string of the molecule is CSc1ccc(C(N)C2=CCCCCC2)cc1. The molecule has 0 heterocycles. The van der Waals surface area contributed by atoms with Crippen molar-refractivity contribution in [1.82, 2.24) is 0 Å². The third kappa shape index (κ3) is 3.36. The van der Waals surface area contributed by atoms with Crippen LogP contribution in [0, 0.1) is 0 Å². The highest BCUT2D eigenvalue weighted by molar-refractivity contribution is 7.98. The summed E-state index contributed by atoms with van der Waals surface area (Å²) in [5.41, 5.74) is 9.03. The summed E-state index contributed by atoms with van der Waals surface area (Å²) >= 11 is 1.77. The Kier molecular flexibility index (Phi) is 4.69. The zero-order valence-electron chi connectivity index (χ0n) is 10.5. The van der Waals surface area contributed by atoms with Crippen LogP contribution in [0.5, 0.6) is 0 Å². The highest BCUT2D eigenvalue weighted by Gasteiger charge is 2.13. The molecule has 2 N–H and O–H groups in total. The zero-order valence-corrected chi connectivity index (χ0v) is 11.3. The summed E-state index contributed by atoms with van der Waals surface area (Å²) in [5.74, 6) is 0. The number of rotatable bonds is 3. The van der Waals surface area contributed by atoms with Gasteiger partial charge in [-0.05, 0) is 49.6 Å². The first-order chi connectivity index (χ1) is 8.31. The number of nitrogens with two attached hydrogens (primary N) is 1. The Balaban J connectivity index is 2.11. The minimum absolute atomic E-state index is 0.101. The van der Waals surface area contributed by atoms with Crippen LogP contribution in [0.4, 0.5) is 0 Å². The summed E-state index contributed by atoms with van der Waals surface area (Å²) in [7, 11) is 0. The Labute approximate surface area is 108 Å². The van der Waals surface area contributed by atoms with Crippen LogP contribution in [0.15, 0.2) is 40.8 Å². The lowest BCUT2D eigenvalue weighted by molar-refractivity contribution is 0.688. The Morgan fingerprint density at radius 1 is 1.12 bits per heavy atom. The quantitative estimate of drug-likeness (QED) is 0.636. The van der Waals surface area contributed by atoms with Crippen molar-refractivity contribution < 1.29 is 0 Å². The first-order valence-corrected chi connectivity index (χ1v) is 7.62. The van der Waals surface area contributed by atoms with Crippen LogP contribution in [-0.4, -0.2) is 6.26 Å². The molecule has 1 aliphatic rings. The van der Waals surface area contributed by atoms with Gasteiger partial charge in [0.2, 0.25) is 0 Å². The van der Waals surface area contributed by atoms with Crippen molar-refractivity contribution in [3.05, 3.63) is 41.5 Å². The molecule has 92 valence electrons. The molecule has 0 radical (unpaired) electrons. The molecule has 1 unspecified atom stereocenters. The molecule has 0 bridgehead atoms. The third-order valence-electron chi connectivity index (χ3n) is 3.45. The lowest BCUT2D eigenvalue weighted by Crippen LogP contribution is -2.13. The second-order valence-electron chi connectivity index (χ2n) is 4.63. The molecule has 0 saturated carbocycles. The molecule has 0 amide bonds. The van der Waals surface area contributed by atoms with Gasteiger partial charge in [-0.15, -0.1) is 11.8 Å². The zero-order chi connectivity index (χ0) is 12.1. The maximum absolute atomic E-state index is 6.36. The summed E-state index contributed by atoms with van der Waals surface area (Å²) in [6.45, 7) is 0. The van der Waals surface area contributed by atoms with Gasteiger partial charge in [-0.25, -0.2) is 0 Å². The molecule has 1 aliphatic carbocycles. The van der Waals surface area contributed by atoms with Crippen molar-refractivity contribution >= 4 is 11.8 Å². The second kappa shape index (κ2) is 6.27. The standard InChI is InChI=1S/C15H21NS/c1-17-14-10-8-13(9-11-14)15(16)12-6-4-2-3-5-7-12/h6,8-11,15H,2-5,7,16H2,1H3. The minimum Gasteiger partial charge on any atom is -0.321 e. The fourth-order valence-electron chi connectivity index (χ4n) is 2.35. The maximum atomic E-state index is 6.36. The van der Waals surface area contributed by atoms with Crippen molar-refractivity contribution in [3.8, 4) is 0 Å². The summed E-state index contributed by atoms with van der Waals surface area (Å²) in [6, 6.07) is 8.77. The van der Waals surface area contributed by atoms with E-state index in [1.165, 1.54) is 48.1 Å². The van der Waals surface area contributed by atoms with Crippen molar-refractivity contribution in [1.29, 1.82) is 0 Å². The number of allylic oxidation sites excluding steroid dienone is 1. The largest absolute Gasteiger partial charge is 0.321 e.